The van der Waals surface area contributed by atoms with Crippen LogP contribution >= 0.6 is 0 Å². The molecule has 1 aromatic carbocycles. The van der Waals surface area contributed by atoms with Crippen molar-refractivity contribution in [2.75, 3.05) is 19.6 Å². The van der Waals surface area contributed by atoms with E-state index in [0.717, 1.165) is 25.3 Å². The lowest BCUT2D eigenvalue weighted by molar-refractivity contribution is 0.138. The Labute approximate surface area is 120 Å². The Morgan fingerprint density at radius 1 is 1.30 bits per heavy atom. The highest BCUT2D eigenvalue weighted by molar-refractivity contribution is 5.33. The molecule has 0 radical (unpaired) electrons. The molecule has 2 aromatic rings. The first kappa shape index (κ1) is 13.3. The van der Waals surface area contributed by atoms with Crippen LogP contribution in [-0.2, 0) is 6.54 Å². The summed E-state index contributed by atoms with van der Waals surface area (Å²) in [6.07, 6.45) is 4.99. The maximum Gasteiger partial charge on any atom is 0.0645 e. The van der Waals surface area contributed by atoms with Crippen molar-refractivity contribution in [3.8, 4) is 5.69 Å². The van der Waals surface area contributed by atoms with Crippen molar-refractivity contribution >= 4 is 0 Å². The molecule has 0 unspecified atom stereocenters. The quantitative estimate of drug-likeness (QED) is 0.872. The van der Waals surface area contributed by atoms with Gasteiger partial charge in [0.1, 0.15) is 0 Å². The SMILES string of the molecule is CCCN(Cc1ccc(-n2cccn2)cc1)C1CNC1. The summed E-state index contributed by atoms with van der Waals surface area (Å²) in [7, 11) is 0. The summed E-state index contributed by atoms with van der Waals surface area (Å²) < 4.78 is 1.89. The molecule has 1 fully saturated rings. The molecular formula is C16H22N4. The van der Waals surface area contributed by atoms with Gasteiger partial charge < -0.3 is 5.32 Å². The van der Waals surface area contributed by atoms with Crippen LogP contribution in [-0.4, -0.2) is 40.4 Å². The molecule has 4 heteroatoms. The number of nitrogens with zero attached hydrogens (tertiary/aromatic N) is 3. The minimum absolute atomic E-state index is 0.709. The molecule has 1 N–H and O–H groups in total. The summed E-state index contributed by atoms with van der Waals surface area (Å²) >= 11 is 0. The van der Waals surface area contributed by atoms with Crippen molar-refractivity contribution < 1.29 is 0 Å². The average Bonchev–Trinajstić information content (AvgIpc) is 2.92. The molecule has 2 heterocycles. The summed E-state index contributed by atoms with van der Waals surface area (Å²) in [6.45, 7) is 6.73. The normalized spacial score (nSPS) is 15.5. The fourth-order valence-electron chi connectivity index (χ4n) is 2.62. The van der Waals surface area contributed by atoms with Gasteiger partial charge in [0.15, 0.2) is 0 Å². The Balaban J connectivity index is 1.67. The van der Waals surface area contributed by atoms with Crippen molar-refractivity contribution in [3.05, 3.63) is 48.3 Å². The third-order valence-electron chi connectivity index (χ3n) is 3.88. The number of benzene rings is 1. The van der Waals surface area contributed by atoms with Crippen LogP contribution in [0, 0.1) is 0 Å². The molecule has 0 saturated carbocycles. The van der Waals surface area contributed by atoms with Crippen molar-refractivity contribution in [2.45, 2.75) is 25.9 Å². The van der Waals surface area contributed by atoms with E-state index in [2.05, 4.69) is 46.5 Å². The van der Waals surface area contributed by atoms with E-state index in [-0.39, 0.29) is 0 Å². The number of rotatable bonds is 6. The molecule has 0 spiro atoms. The average molecular weight is 270 g/mol. The van der Waals surface area contributed by atoms with E-state index in [4.69, 9.17) is 0 Å². The van der Waals surface area contributed by atoms with Gasteiger partial charge in [0.25, 0.3) is 0 Å². The van der Waals surface area contributed by atoms with E-state index in [1.165, 1.54) is 18.5 Å². The molecule has 4 nitrogen and oxygen atoms in total. The van der Waals surface area contributed by atoms with Crippen LogP contribution in [0.5, 0.6) is 0 Å². The molecule has 1 saturated heterocycles. The Morgan fingerprint density at radius 2 is 2.10 bits per heavy atom. The van der Waals surface area contributed by atoms with Gasteiger partial charge in [-0.25, -0.2) is 4.68 Å². The summed E-state index contributed by atoms with van der Waals surface area (Å²) in [5.41, 5.74) is 2.49. The molecule has 0 bridgehead atoms. The first-order chi connectivity index (χ1) is 9.86. The number of nitrogens with one attached hydrogen (secondary N) is 1. The Morgan fingerprint density at radius 3 is 2.65 bits per heavy atom. The van der Waals surface area contributed by atoms with Crippen LogP contribution in [0.25, 0.3) is 5.69 Å². The van der Waals surface area contributed by atoms with E-state index >= 15 is 0 Å². The van der Waals surface area contributed by atoms with Crippen LogP contribution < -0.4 is 5.32 Å². The highest BCUT2D eigenvalue weighted by Crippen LogP contribution is 2.14. The molecule has 1 aliphatic rings. The molecular weight excluding hydrogens is 248 g/mol. The monoisotopic (exact) mass is 270 g/mol. The zero-order valence-electron chi connectivity index (χ0n) is 12.0. The van der Waals surface area contributed by atoms with Gasteiger partial charge in [0.2, 0.25) is 0 Å². The molecule has 0 atom stereocenters. The Bertz CT molecular complexity index is 514. The van der Waals surface area contributed by atoms with Gasteiger partial charge in [-0.05, 0) is 36.7 Å². The van der Waals surface area contributed by atoms with Crippen LogP contribution in [0.1, 0.15) is 18.9 Å². The fraction of sp³-hybridized carbons (Fsp3) is 0.438. The predicted octanol–water partition coefficient (Wildman–Crippen LogP) is 2.06. The molecule has 0 aliphatic carbocycles. The highest BCUT2D eigenvalue weighted by atomic mass is 15.3. The minimum Gasteiger partial charge on any atom is -0.314 e. The maximum atomic E-state index is 4.26. The first-order valence-electron chi connectivity index (χ1n) is 7.40. The van der Waals surface area contributed by atoms with Gasteiger partial charge in [-0.3, -0.25) is 4.90 Å². The van der Waals surface area contributed by atoms with E-state index in [9.17, 15) is 0 Å². The second-order valence-electron chi connectivity index (χ2n) is 5.40. The lowest BCUT2D eigenvalue weighted by Crippen LogP contribution is -2.56. The van der Waals surface area contributed by atoms with Crippen molar-refractivity contribution in [3.63, 3.8) is 0 Å². The van der Waals surface area contributed by atoms with Crippen LogP contribution in [0.15, 0.2) is 42.7 Å². The second kappa shape index (κ2) is 6.20. The maximum absolute atomic E-state index is 4.26. The second-order valence-corrected chi connectivity index (χ2v) is 5.40. The van der Waals surface area contributed by atoms with Gasteiger partial charge >= 0.3 is 0 Å². The number of aromatic nitrogens is 2. The van der Waals surface area contributed by atoms with E-state index in [0.29, 0.717) is 6.04 Å². The largest absolute Gasteiger partial charge is 0.314 e. The smallest absolute Gasteiger partial charge is 0.0645 e. The molecule has 1 aliphatic heterocycles. The summed E-state index contributed by atoms with van der Waals surface area (Å²) in [4.78, 5) is 2.58. The van der Waals surface area contributed by atoms with E-state index in [1.807, 2.05) is 16.9 Å². The first-order valence-corrected chi connectivity index (χ1v) is 7.40. The van der Waals surface area contributed by atoms with Gasteiger partial charge in [0, 0.05) is 38.1 Å². The van der Waals surface area contributed by atoms with E-state index < -0.39 is 0 Å². The van der Waals surface area contributed by atoms with Gasteiger partial charge in [-0.2, -0.15) is 5.10 Å². The van der Waals surface area contributed by atoms with Crippen molar-refractivity contribution in [1.29, 1.82) is 0 Å². The lowest BCUT2D eigenvalue weighted by atomic mass is 10.1. The standard InChI is InChI=1S/C16H22N4/c1-2-9-19(16-11-17-12-16)13-14-4-6-15(7-5-14)20-10-3-8-18-20/h3-8,10,16-17H,2,9,11-13H2,1H3. The summed E-state index contributed by atoms with van der Waals surface area (Å²) in [5, 5.41) is 7.62. The molecule has 106 valence electrons. The summed E-state index contributed by atoms with van der Waals surface area (Å²) in [5.74, 6) is 0. The molecule has 1 aromatic heterocycles. The highest BCUT2D eigenvalue weighted by Gasteiger charge is 2.23. The third kappa shape index (κ3) is 2.92. The van der Waals surface area contributed by atoms with Crippen molar-refractivity contribution in [1.82, 2.24) is 20.0 Å². The molecule has 3 rings (SSSR count). The fourth-order valence-corrected chi connectivity index (χ4v) is 2.62. The Kier molecular flexibility index (Phi) is 4.14. The van der Waals surface area contributed by atoms with Gasteiger partial charge in [-0.1, -0.05) is 19.1 Å². The zero-order chi connectivity index (χ0) is 13.8. The summed E-state index contributed by atoms with van der Waals surface area (Å²) in [6, 6.07) is 11.4. The van der Waals surface area contributed by atoms with Gasteiger partial charge in [0.05, 0.1) is 5.69 Å². The third-order valence-corrected chi connectivity index (χ3v) is 3.88. The molecule has 20 heavy (non-hydrogen) atoms. The van der Waals surface area contributed by atoms with Crippen molar-refractivity contribution in [2.24, 2.45) is 0 Å². The molecule has 0 amide bonds. The van der Waals surface area contributed by atoms with Crippen LogP contribution in [0.4, 0.5) is 0 Å². The topological polar surface area (TPSA) is 33.1 Å². The van der Waals surface area contributed by atoms with Crippen LogP contribution in [0.3, 0.4) is 0 Å². The van der Waals surface area contributed by atoms with E-state index in [1.54, 1.807) is 6.20 Å². The predicted molar refractivity (Wildman–Crippen MR) is 80.9 cm³/mol. The minimum atomic E-state index is 0.709. The van der Waals surface area contributed by atoms with Crippen LogP contribution in [0.2, 0.25) is 0 Å². The Hall–Kier alpha value is -1.65. The zero-order valence-corrected chi connectivity index (χ0v) is 12.0. The number of hydrogen-bond acceptors (Lipinski definition) is 3. The lowest BCUT2D eigenvalue weighted by Gasteiger charge is -2.38. The van der Waals surface area contributed by atoms with Gasteiger partial charge in [-0.15, -0.1) is 0 Å². The number of hydrogen-bond donors (Lipinski definition) is 1.